The van der Waals surface area contributed by atoms with Crippen molar-refractivity contribution in [2.24, 2.45) is 7.05 Å². The third-order valence-corrected chi connectivity index (χ3v) is 6.68. The second-order valence-corrected chi connectivity index (χ2v) is 8.17. The van der Waals surface area contributed by atoms with Gasteiger partial charge in [-0.05, 0) is 66.1 Å². The monoisotopic (exact) mass is 402 g/mol. The summed E-state index contributed by atoms with van der Waals surface area (Å²) >= 11 is 1.75. The molecule has 4 nitrogen and oxygen atoms in total. The molecular weight excluding hydrogens is 380 g/mol. The first-order valence-electron chi connectivity index (χ1n) is 9.68. The van der Waals surface area contributed by atoms with Crippen molar-refractivity contribution in [3.63, 3.8) is 0 Å². The lowest BCUT2D eigenvalue weighted by Gasteiger charge is -2.23. The molecule has 0 bridgehead atoms. The highest BCUT2D eigenvalue weighted by Gasteiger charge is 2.26. The molecule has 0 radical (unpaired) electrons. The molecule has 29 heavy (non-hydrogen) atoms. The summed E-state index contributed by atoms with van der Waals surface area (Å²) in [5, 5.41) is 0.801. The quantitative estimate of drug-likeness (QED) is 0.461. The molecule has 3 aromatic carbocycles. The van der Waals surface area contributed by atoms with E-state index in [0.717, 1.165) is 46.3 Å². The zero-order valence-electron chi connectivity index (χ0n) is 16.7. The van der Waals surface area contributed by atoms with Crippen molar-refractivity contribution < 1.29 is 4.74 Å². The van der Waals surface area contributed by atoms with Gasteiger partial charge in [0.2, 0.25) is 0 Å². The average Bonchev–Trinajstić information content (AvgIpc) is 3.02. The summed E-state index contributed by atoms with van der Waals surface area (Å²) in [6.07, 6.45) is 4.00. The molecule has 1 aliphatic carbocycles. The molecule has 0 fully saturated rings. The summed E-state index contributed by atoms with van der Waals surface area (Å²) in [4.78, 5) is 14.9. The highest BCUT2D eigenvalue weighted by atomic mass is 32.2. The van der Waals surface area contributed by atoms with Gasteiger partial charge in [-0.25, -0.2) is 4.68 Å². The van der Waals surface area contributed by atoms with Crippen LogP contribution in [0.5, 0.6) is 5.75 Å². The standard InChI is InChI=1S/C24H22N2O2S/c1-25-20-14-21(29-3)19-11-9-15-13-17(28-2)10-12-18(15)22(19)23(20)24(27)26(25)16-7-5-4-6-8-16/h4-8,10,12-14H,9,11H2,1-3H3. The summed E-state index contributed by atoms with van der Waals surface area (Å²) in [6.45, 7) is 0. The van der Waals surface area contributed by atoms with Gasteiger partial charge in [-0.1, -0.05) is 24.3 Å². The highest BCUT2D eigenvalue weighted by Crippen LogP contribution is 2.43. The minimum atomic E-state index is 0.0290. The lowest BCUT2D eigenvalue weighted by molar-refractivity contribution is 0.414. The molecule has 1 aromatic heterocycles. The van der Waals surface area contributed by atoms with Crippen molar-refractivity contribution in [3.05, 3.63) is 76.1 Å². The maximum absolute atomic E-state index is 13.7. The fraction of sp³-hybridized carbons (Fsp3) is 0.208. The van der Waals surface area contributed by atoms with Crippen LogP contribution in [0.2, 0.25) is 0 Å². The summed E-state index contributed by atoms with van der Waals surface area (Å²) < 4.78 is 9.18. The van der Waals surface area contributed by atoms with Crippen LogP contribution in [0.15, 0.2) is 64.3 Å². The van der Waals surface area contributed by atoms with Gasteiger partial charge in [0.05, 0.1) is 23.7 Å². The lowest BCUT2D eigenvalue weighted by Crippen LogP contribution is -2.19. The smallest absolute Gasteiger partial charge is 0.279 e. The van der Waals surface area contributed by atoms with Crippen molar-refractivity contribution in [3.8, 4) is 22.6 Å². The van der Waals surface area contributed by atoms with E-state index in [1.165, 1.54) is 16.0 Å². The van der Waals surface area contributed by atoms with Crippen molar-refractivity contribution >= 4 is 22.7 Å². The second-order valence-electron chi connectivity index (χ2n) is 7.33. The van der Waals surface area contributed by atoms with Gasteiger partial charge in [0.25, 0.3) is 5.56 Å². The molecular formula is C24H22N2O2S. The van der Waals surface area contributed by atoms with E-state index in [-0.39, 0.29) is 5.56 Å². The molecule has 0 unspecified atom stereocenters. The first-order valence-corrected chi connectivity index (χ1v) is 10.9. The van der Waals surface area contributed by atoms with Crippen LogP contribution in [-0.4, -0.2) is 22.7 Å². The molecule has 0 atom stereocenters. The number of methoxy groups -OCH3 is 1. The van der Waals surface area contributed by atoms with Crippen LogP contribution in [0.3, 0.4) is 0 Å². The normalized spacial score (nSPS) is 12.7. The van der Waals surface area contributed by atoms with Crippen LogP contribution in [0.4, 0.5) is 0 Å². The molecule has 1 aliphatic rings. The fourth-order valence-electron chi connectivity index (χ4n) is 4.50. The second kappa shape index (κ2) is 6.85. The van der Waals surface area contributed by atoms with Crippen LogP contribution in [0.1, 0.15) is 11.1 Å². The van der Waals surface area contributed by atoms with Gasteiger partial charge >= 0.3 is 0 Å². The largest absolute Gasteiger partial charge is 0.497 e. The number of hydrogen-bond donors (Lipinski definition) is 0. The van der Waals surface area contributed by atoms with Gasteiger partial charge in [0.1, 0.15) is 5.75 Å². The van der Waals surface area contributed by atoms with Crippen LogP contribution < -0.4 is 10.3 Å². The van der Waals surface area contributed by atoms with E-state index in [2.05, 4.69) is 24.5 Å². The Labute approximate surface area is 173 Å². The maximum Gasteiger partial charge on any atom is 0.279 e. The van der Waals surface area contributed by atoms with E-state index in [1.807, 2.05) is 48.1 Å². The van der Waals surface area contributed by atoms with E-state index in [9.17, 15) is 4.79 Å². The van der Waals surface area contributed by atoms with Crippen molar-refractivity contribution in [1.82, 2.24) is 9.36 Å². The number of benzene rings is 3. The number of hydrogen-bond acceptors (Lipinski definition) is 3. The Kier molecular flexibility index (Phi) is 4.28. The first-order chi connectivity index (χ1) is 14.1. The predicted molar refractivity (Wildman–Crippen MR) is 120 cm³/mol. The zero-order valence-corrected chi connectivity index (χ0v) is 17.5. The molecule has 1 heterocycles. The fourth-order valence-corrected chi connectivity index (χ4v) is 5.18. The van der Waals surface area contributed by atoms with Crippen LogP contribution in [-0.2, 0) is 19.9 Å². The Morgan fingerprint density at radius 2 is 1.83 bits per heavy atom. The number of aromatic nitrogens is 2. The van der Waals surface area contributed by atoms with Crippen molar-refractivity contribution in [2.75, 3.05) is 13.4 Å². The minimum absolute atomic E-state index is 0.0290. The molecule has 0 saturated carbocycles. The Balaban J connectivity index is 1.91. The van der Waals surface area contributed by atoms with Crippen LogP contribution in [0, 0.1) is 0 Å². The minimum Gasteiger partial charge on any atom is -0.497 e. The van der Waals surface area contributed by atoms with Gasteiger partial charge < -0.3 is 4.74 Å². The average molecular weight is 403 g/mol. The van der Waals surface area contributed by atoms with Gasteiger partial charge in [0.15, 0.2) is 0 Å². The van der Waals surface area contributed by atoms with Crippen LogP contribution in [0.25, 0.3) is 27.7 Å². The molecule has 5 rings (SSSR count). The number of fused-ring (bicyclic) bond motifs is 5. The highest BCUT2D eigenvalue weighted by molar-refractivity contribution is 7.98. The summed E-state index contributed by atoms with van der Waals surface area (Å²) in [6, 6.07) is 18.2. The number of para-hydroxylation sites is 1. The predicted octanol–water partition coefficient (Wildman–Crippen LogP) is 4.83. The molecule has 0 amide bonds. The Hall–Kier alpha value is -2.92. The topological polar surface area (TPSA) is 36.2 Å². The first kappa shape index (κ1) is 18.1. The Morgan fingerprint density at radius 1 is 1.03 bits per heavy atom. The lowest BCUT2D eigenvalue weighted by atomic mass is 9.83. The number of aryl methyl sites for hydroxylation is 2. The van der Waals surface area contributed by atoms with E-state index >= 15 is 0 Å². The number of thioether (sulfide) groups is 1. The maximum atomic E-state index is 13.7. The molecule has 0 aliphatic heterocycles. The van der Waals surface area contributed by atoms with Crippen molar-refractivity contribution in [2.45, 2.75) is 17.7 Å². The van der Waals surface area contributed by atoms with Gasteiger partial charge in [0, 0.05) is 17.5 Å². The van der Waals surface area contributed by atoms with Crippen molar-refractivity contribution in [1.29, 1.82) is 0 Å². The Morgan fingerprint density at radius 3 is 2.55 bits per heavy atom. The van der Waals surface area contributed by atoms with Gasteiger partial charge in [-0.15, -0.1) is 11.8 Å². The van der Waals surface area contributed by atoms with Gasteiger partial charge in [-0.3, -0.25) is 9.48 Å². The third-order valence-electron chi connectivity index (χ3n) is 5.87. The van der Waals surface area contributed by atoms with Gasteiger partial charge in [-0.2, -0.15) is 0 Å². The number of ether oxygens (including phenoxy) is 1. The Bertz CT molecular complexity index is 1300. The number of rotatable bonds is 3. The zero-order chi connectivity index (χ0) is 20.1. The molecule has 146 valence electrons. The van der Waals surface area contributed by atoms with E-state index in [0.29, 0.717) is 0 Å². The summed E-state index contributed by atoms with van der Waals surface area (Å²) in [7, 11) is 3.66. The SMILES string of the molecule is COc1ccc2c(c1)CCc1c(SC)cc3c(c1-2)c(=O)n(-c1ccccc1)n3C. The summed E-state index contributed by atoms with van der Waals surface area (Å²) in [5.41, 5.74) is 6.63. The molecule has 0 N–H and O–H groups in total. The number of nitrogens with zero attached hydrogens (tertiary/aromatic N) is 2. The van der Waals surface area contributed by atoms with E-state index in [1.54, 1.807) is 23.6 Å². The molecule has 4 aromatic rings. The molecule has 5 heteroatoms. The molecule has 0 spiro atoms. The van der Waals surface area contributed by atoms with Crippen LogP contribution >= 0.6 is 11.8 Å². The molecule has 0 saturated heterocycles. The summed E-state index contributed by atoms with van der Waals surface area (Å²) in [5.74, 6) is 0.860. The third kappa shape index (κ3) is 2.64. The van der Waals surface area contributed by atoms with E-state index in [4.69, 9.17) is 4.74 Å². The van der Waals surface area contributed by atoms with E-state index < -0.39 is 0 Å².